The zero-order chi connectivity index (χ0) is 20.8. The summed E-state index contributed by atoms with van der Waals surface area (Å²) in [6, 6.07) is 5.04. The van der Waals surface area contributed by atoms with Gasteiger partial charge in [-0.05, 0) is 30.7 Å². The van der Waals surface area contributed by atoms with Crippen LogP contribution in [0.3, 0.4) is 0 Å². The van der Waals surface area contributed by atoms with Crippen LogP contribution in [0.5, 0.6) is 5.88 Å². The highest BCUT2D eigenvalue weighted by Gasteiger charge is 2.23. The molecule has 1 aliphatic rings. The highest BCUT2D eigenvalue weighted by molar-refractivity contribution is 6.31. The molecule has 5 rings (SSSR count). The average Bonchev–Trinajstić information content (AvgIpc) is 3.45. The van der Waals surface area contributed by atoms with Crippen LogP contribution in [0, 0.1) is 12.7 Å². The fourth-order valence-corrected chi connectivity index (χ4v) is 3.89. The topological polar surface area (TPSA) is 66.5 Å². The second-order valence-corrected chi connectivity index (χ2v) is 7.80. The lowest BCUT2D eigenvalue weighted by Gasteiger charge is -2.15. The molecule has 4 heterocycles. The Morgan fingerprint density at radius 3 is 2.83 bits per heavy atom. The first-order valence-electron chi connectivity index (χ1n) is 9.58. The molecule has 7 nitrogen and oxygen atoms in total. The molecule has 1 fully saturated rings. The third-order valence-corrected chi connectivity index (χ3v) is 5.35. The van der Waals surface area contributed by atoms with Gasteiger partial charge in [0.1, 0.15) is 11.9 Å². The summed E-state index contributed by atoms with van der Waals surface area (Å²) in [5.74, 6) is 0.0652. The minimum atomic E-state index is -0.356. The van der Waals surface area contributed by atoms with Gasteiger partial charge in [0.05, 0.1) is 36.9 Å². The van der Waals surface area contributed by atoms with Crippen LogP contribution in [-0.2, 0) is 11.8 Å². The van der Waals surface area contributed by atoms with E-state index >= 15 is 0 Å². The van der Waals surface area contributed by atoms with Crippen molar-refractivity contribution in [1.82, 2.24) is 24.4 Å². The van der Waals surface area contributed by atoms with Gasteiger partial charge in [0.2, 0.25) is 5.88 Å². The van der Waals surface area contributed by atoms with Crippen molar-refractivity contribution in [3.63, 3.8) is 0 Å². The molecule has 0 N–H and O–H groups in total. The maximum atomic E-state index is 14.9. The minimum Gasteiger partial charge on any atom is -0.470 e. The van der Waals surface area contributed by atoms with Crippen LogP contribution >= 0.6 is 11.6 Å². The number of benzene rings is 1. The normalized spacial score (nSPS) is 16.5. The Hall–Kier alpha value is -2.97. The summed E-state index contributed by atoms with van der Waals surface area (Å²) < 4.78 is 29.8. The van der Waals surface area contributed by atoms with Gasteiger partial charge in [-0.2, -0.15) is 5.10 Å². The number of hydrogen-bond donors (Lipinski definition) is 0. The summed E-state index contributed by atoms with van der Waals surface area (Å²) in [6.07, 6.45) is 5.91. The first-order chi connectivity index (χ1) is 14.5. The third-order valence-electron chi connectivity index (χ3n) is 5.14. The van der Waals surface area contributed by atoms with Crippen LogP contribution in [0.25, 0.3) is 28.0 Å². The van der Waals surface area contributed by atoms with E-state index in [1.807, 2.05) is 19.3 Å². The lowest BCUT2D eigenvalue weighted by atomic mass is 10.1. The van der Waals surface area contributed by atoms with Gasteiger partial charge in [0.15, 0.2) is 5.65 Å². The molecule has 0 amide bonds. The molecule has 0 radical (unpaired) electrons. The summed E-state index contributed by atoms with van der Waals surface area (Å²) in [5.41, 5.74) is 3.48. The Balaban J connectivity index is 1.69. The zero-order valence-corrected chi connectivity index (χ0v) is 17.2. The Labute approximate surface area is 177 Å². The van der Waals surface area contributed by atoms with E-state index in [0.29, 0.717) is 46.6 Å². The van der Waals surface area contributed by atoms with E-state index in [9.17, 15) is 4.39 Å². The van der Waals surface area contributed by atoms with E-state index < -0.39 is 0 Å². The average molecular weight is 428 g/mol. The van der Waals surface area contributed by atoms with Gasteiger partial charge in [-0.1, -0.05) is 11.6 Å². The summed E-state index contributed by atoms with van der Waals surface area (Å²) in [5, 5.41) is 9.39. The molecule has 0 spiro atoms. The van der Waals surface area contributed by atoms with Crippen molar-refractivity contribution < 1.29 is 13.9 Å². The van der Waals surface area contributed by atoms with Gasteiger partial charge < -0.3 is 9.47 Å². The van der Waals surface area contributed by atoms with Crippen LogP contribution in [0.1, 0.15) is 12.0 Å². The third kappa shape index (κ3) is 3.32. The number of halogens is 2. The largest absolute Gasteiger partial charge is 0.470 e. The van der Waals surface area contributed by atoms with E-state index in [-0.39, 0.29) is 11.9 Å². The molecule has 0 bridgehead atoms. The maximum Gasteiger partial charge on any atom is 0.240 e. The fraction of sp³-hybridized carbons (Fsp3) is 0.286. The predicted octanol–water partition coefficient (Wildman–Crippen LogP) is 4.07. The number of nitrogens with zero attached hydrogens (tertiary/aromatic N) is 5. The molecule has 9 heteroatoms. The standard InChI is InChI=1S/C21H19ClFN5O2/c1-12-5-14(22)6-17(20(12)23)18-9-24-19-7-16(13-8-25-27(2)10-13)21(26-28(18)19)30-15-3-4-29-11-15/h5-10,15H,3-4,11H2,1-2H3/t15-/m0/s1. The van der Waals surface area contributed by atoms with E-state index in [4.69, 9.17) is 26.2 Å². The molecule has 0 saturated carbocycles. The molecular formula is C21H19ClFN5O2. The van der Waals surface area contributed by atoms with Crippen molar-refractivity contribution in [3.05, 3.63) is 53.2 Å². The smallest absolute Gasteiger partial charge is 0.240 e. The molecule has 1 aromatic carbocycles. The lowest BCUT2D eigenvalue weighted by Crippen LogP contribution is -2.18. The Bertz CT molecular complexity index is 1250. The van der Waals surface area contributed by atoms with Gasteiger partial charge >= 0.3 is 0 Å². The summed E-state index contributed by atoms with van der Waals surface area (Å²) in [4.78, 5) is 4.44. The van der Waals surface area contributed by atoms with Crippen molar-refractivity contribution in [1.29, 1.82) is 0 Å². The molecule has 1 aliphatic heterocycles. The van der Waals surface area contributed by atoms with E-state index in [1.54, 1.807) is 40.6 Å². The minimum absolute atomic E-state index is 0.0949. The van der Waals surface area contributed by atoms with Crippen molar-refractivity contribution in [3.8, 4) is 28.3 Å². The number of hydrogen-bond acceptors (Lipinski definition) is 5. The first-order valence-corrected chi connectivity index (χ1v) is 9.95. The second kappa shape index (κ2) is 7.37. The first kappa shape index (κ1) is 19.0. The highest BCUT2D eigenvalue weighted by Crippen LogP contribution is 2.34. The van der Waals surface area contributed by atoms with E-state index in [1.165, 1.54) is 0 Å². The molecule has 1 atom stereocenters. The van der Waals surface area contributed by atoms with Crippen LogP contribution < -0.4 is 4.74 Å². The van der Waals surface area contributed by atoms with Crippen molar-refractivity contribution in [2.75, 3.05) is 13.2 Å². The summed E-state index contributed by atoms with van der Waals surface area (Å²) in [7, 11) is 1.85. The zero-order valence-electron chi connectivity index (χ0n) is 16.5. The number of fused-ring (bicyclic) bond motifs is 1. The maximum absolute atomic E-state index is 14.9. The number of aryl methyl sites for hydroxylation is 2. The number of aromatic nitrogens is 5. The molecule has 0 aliphatic carbocycles. The second-order valence-electron chi connectivity index (χ2n) is 7.37. The fourth-order valence-electron chi connectivity index (χ4n) is 3.61. The highest BCUT2D eigenvalue weighted by atomic mass is 35.5. The molecular weight excluding hydrogens is 409 g/mol. The molecule has 4 aromatic rings. The van der Waals surface area contributed by atoms with Crippen LogP contribution in [-0.4, -0.2) is 43.7 Å². The van der Waals surface area contributed by atoms with Crippen molar-refractivity contribution >= 4 is 17.2 Å². The van der Waals surface area contributed by atoms with Gasteiger partial charge in [-0.25, -0.2) is 13.9 Å². The monoisotopic (exact) mass is 427 g/mol. The predicted molar refractivity (Wildman–Crippen MR) is 110 cm³/mol. The molecule has 154 valence electrons. The molecule has 30 heavy (non-hydrogen) atoms. The molecule has 1 saturated heterocycles. The number of ether oxygens (including phenoxy) is 2. The molecule has 0 unspecified atom stereocenters. The summed E-state index contributed by atoms with van der Waals surface area (Å²) in [6.45, 7) is 2.83. The van der Waals surface area contributed by atoms with Gasteiger partial charge in [-0.15, -0.1) is 5.10 Å². The van der Waals surface area contributed by atoms with Crippen molar-refractivity contribution in [2.45, 2.75) is 19.4 Å². The van der Waals surface area contributed by atoms with Crippen molar-refractivity contribution in [2.24, 2.45) is 7.05 Å². The Morgan fingerprint density at radius 1 is 1.23 bits per heavy atom. The Kier molecular flexibility index (Phi) is 4.67. The van der Waals surface area contributed by atoms with Crippen LogP contribution in [0.2, 0.25) is 5.02 Å². The van der Waals surface area contributed by atoms with Gasteiger partial charge in [0, 0.05) is 35.8 Å². The van der Waals surface area contributed by atoms with Gasteiger partial charge in [0.25, 0.3) is 0 Å². The number of imidazole rings is 1. The van der Waals surface area contributed by atoms with E-state index in [0.717, 1.165) is 17.5 Å². The molecule has 3 aromatic heterocycles. The quantitative estimate of drug-likeness (QED) is 0.491. The lowest BCUT2D eigenvalue weighted by molar-refractivity contribution is 0.137. The Morgan fingerprint density at radius 2 is 2.10 bits per heavy atom. The SMILES string of the molecule is Cc1cc(Cl)cc(-c2cnc3cc(-c4cnn(C)c4)c(O[C@H]4CCOC4)nn23)c1F. The number of rotatable bonds is 4. The summed E-state index contributed by atoms with van der Waals surface area (Å²) >= 11 is 6.18. The van der Waals surface area contributed by atoms with Gasteiger partial charge in [-0.3, -0.25) is 4.68 Å². The van der Waals surface area contributed by atoms with Crippen LogP contribution in [0.15, 0.2) is 36.8 Å². The van der Waals surface area contributed by atoms with E-state index in [2.05, 4.69) is 10.1 Å². The van der Waals surface area contributed by atoms with Crippen LogP contribution in [0.4, 0.5) is 4.39 Å².